The molecule has 0 N–H and O–H groups in total. The van der Waals surface area contributed by atoms with E-state index in [4.69, 9.17) is 21.1 Å². The van der Waals surface area contributed by atoms with Crippen LogP contribution in [0.2, 0.25) is 5.02 Å². The number of carbonyl (C=O) groups excluding carboxylic acids is 1. The molecule has 0 aliphatic heterocycles. The molecule has 0 saturated heterocycles. The van der Waals surface area contributed by atoms with E-state index in [2.05, 4.69) is 6.92 Å². The van der Waals surface area contributed by atoms with Gasteiger partial charge in [-0.3, -0.25) is 0 Å². The van der Waals surface area contributed by atoms with Crippen molar-refractivity contribution in [1.82, 2.24) is 0 Å². The Kier molecular flexibility index (Phi) is 4.71. The summed E-state index contributed by atoms with van der Waals surface area (Å²) in [5.74, 6) is -1.16. The van der Waals surface area contributed by atoms with Crippen molar-refractivity contribution in [3.05, 3.63) is 28.5 Å². The zero-order chi connectivity index (χ0) is 16.5. The van der Waals surface area contributed by atoms with E-state index in [1.165, 1.54) is 12.5 Å². The fourth-order valence-corrected chi connectivity index (χ4v) is 2.52. The number of benzene rings is 1. The van der Waals surface area contributed by atoms with Crippen LogP contribution >= 0.6 is 11.6 Å². The topological polar surface area (TPSA) is 35.5 Å². The van der Waals surface area contributed by atoms with Gasteiger partial charge in [0.2, 0.25) is 0 Å². The molecular weight excluding hydrogens is 307 g/mol. The summed E-state index contributed by atoms with van der Waals surface area (Å²) in [6.45, 7) is 7.80. The van der Waals surface area contributed by atoms with E-state index in [1.54, 1.807) is 20.8 Å². The molecule has 0 atom stereocenters. The molecule has 0 bridgehead atoms. The maximum Gasteiger partial charge on any atom is 0.341 e. The van der Waals surface area contributed by atoms with E-state index in [9.17, 15) is 9.18 Å². The van der Waals surface area contributed by atoms with Crippen LogP contribution in [0.15, 0.2) is 12.1 Å². The Bertz CT molecular complexity index is 574. The zero-order valence-electron chi connectivity index (χ0n) is 13.5. The van der Waals surface area contributed by atoms with Crippen molar-refractivity contribution in [2.75, 3.05) is 6.61 Å². The maximum absolute atomic E-state index is 14.1. The van der Waals surface area contributed by atoms with Gasteiger partial charge in [-0.2, -0.15) is 0 Å². The molecule has 1 fully saturated rings. The Hall–Kier alpha value is -1.29. The fourth-order valence-electron chi connectivity index (χ4n) is 2.31. The van der Waals surface area contributed by atoms with Gasteiger partial charge in [0.05, 0.1) is 17.2 Å². The second-order valence-corrected chi connectivity index (χ2v) is 7.62. The number of carbonyl (C=O) groups is 1. The Morgan fingerprint density at radius 3 is 2.50 bits per heavy atom. The molecular formula is C17H22ClFO3. The van der Waals surface area contributed by atoms with E-state index < -0.39 is 17.4 Å². The number of hydrogen-bond donors (Lipinski definition) is 0. The van der Waals surface area contributed by atoms with Crippen LogP contribution in [0, 0.1) is 11.2 Å². The van der Waals surface area contributed by atoms with Gasteiger partial charge >= 0.3 is 5.97 Å². The summed E-state index contributed by atoms with van der Waals surface area (Å²) in [6.07, 6.45) is 3.39. The summed E-state index contributed by atoms with van der Waals surface area (Å²) in [4.78, 5) is 12.0. The highest BCUT2D eigenvalue weighted by Crippen LogP contribution is 2.41. The first-order valence-corrected chi connectivity index (χ1v) is 7.83. The molecule has 0 unspecified atom stereocenters. The molecule has 5 heteroatoms. The molecule has 1 aromatic carbocycles. The summed E-state index contributed by atoms with van der Waals surface area (Å²) in [6, 6.07) is 2.42. The second kappa shape index (κ2) is 6.07. The number of hydrogen-bond acceptors (Lipinski definition) is 3. The summed E-state index contributed by atoms with van der Waals surface area (Å²) in [5, 5.41) is 0.213. The van der Waals surface area contributed by atoms with Crippen LogP contribution < -0.4 is 4.74 Å². The normalized spacial score (nSPS) is 16.8. The molecule has 2 rings (SSSR count). The molecule has 22 heavy (non-hydrogen) atoms. The predicted molar refractivity (Wildman–Crippen MR) is 84.0 cm³/mol. The minimum absolute atomic E-state index is 0.143. The van der Waals surface area contributed by atoms with Crippen LogP contribution in [0.5, 0.6) is 5.75 Å². The van der Waals surface area contributed by atoms with Gasteiger partial charge < -0.3 is 9.47 Å². The molecule has 0 heterocycles. The standard InChI is InChI=1S/C17H22ClFO3/c1-16(2,3)22-15(20)11-8-12(18)14(9-13(11)19)21-10-17(4)6-5-7-17/h8-9H,5-7,10H2,1-4H3. The van der Waals surface area contributed by atoms with E-state index in [0.29, 0.717) is 6.61 Å². The first kappa shape index (κ1) is 17.1. The highest BCUT2D eigenvalue weighted by molar-refractivity contribution is 6.32. The summed E-state index contributed by atoms with van der Waals surface area (Å²) in [5.41, 5.74) is -0.727. The van der Waals surface area contributed by atoms with Crippen LogP contribution in [0.25, 0.3) is 0 Å². The quantitative estimate of drug-likeness (QED) is 0.729. The summed E-state index contributed by atoms with van der Waals surface area (Å²) in [7, 11) is 0. The van der Waals surface area contributed by atoms with Crippen molar-refractivity contribution >= 4 is 17.6 Å². The fraction of sp³-hybridized carbons (Fsp3) is 0.588. The average molecular weight is 329 g/mol. The molecule has 0 aromatic heterocycles. The maximum atomic E-state index is 14.1. The molecule has 1 saturated carbocycles. The van der Waals surface area contributed by atoms with E-state index in [0.717, 1.165) is 18.9 Å². The van der Waals surface area contributed by atoms with Gasteiger partial charge in [-0.1, -0.05) is 24.9 Å². The van der Waals surface area contributed by atoms with E-state index >= 15 is 0 Å². The lowest BCUT2D eigenvalue weighted by atomic mass is 9.71. The van der Waals surface area contributed by atoms with Crippen LogP contribution in [0.4, 0.5) is 4.39 Å². The number of halogens is 2. The lowest BCUT2D eigenvalue weighted by Gasteiger charge is -2.37. The van der Waals surface area contributed by atoms with Gasteiger partial charge in [-0.05, 0) is 39.7 Å². The Balaban J connectivity index is 2.12. The Morgan fingerprint density at radius 1 is 1.36 bits per heavy atom. The highest BCUT2D eigenvalue weighted by Gasteiger charge is 2.33. The molecule has 1 aliphatic carbocycles. The smallest absolute Gasteiger partial charge is 0.341 e. The highest BCUT2D eigenvalue weighted by atomic mass is 35.5. The van der Waals surface area contributed by atoms with Gasteiger partial charge in [0.25, 0.3) is 0 Å². The Morgan fingerprint density at radius 2 is 2.00 bits per heavy atom. The summed E-state index contributed by atoms with van der Waals surface area (Å²) < 4.78 is 24.9. The van der Waals surface area contributed by atoms with Crippen molar-refractivity contribution in [2.45, 2.75) is 52.6 Å². The molecule has 122 valence electrons. The van der Waals surface area contributed by atoms with Crippen molar-refractivity contribution in [2.24, 2.45) is 5.41 Å². The SMILES string of the molecule is CC1(COc2cc(F)c(C(=O)OC(C)(C)C)cc2Cl)CCC1. The van der Waals surface area contributed by atoms with E-state index in [-0.39, 0.29) is 21.8 Å². The summed E-state index contributed by atoms with van der Waals surface area (Å²) >= 11 is 6.11. The van der Waals surface area contributed by atoms with Gasteiger partial charge in [-0.15, -0.1) is 0 Å². The largest absolute Gasteiger partial charge is 0.491 e. The van der Waals surface area contributed by atoms with Gasteiger partial charge in [0, 0.05) is 11.5 Å². The monoisotopic (exact) mass is 328 g/mol. The third-order valence-electron chi connectivity index (χ3n) is 3.78. The van der Waals surface area contributed by atoms with Crippen molar-refractivity contribution < 1.29 is 18.7 Å². The number of ether oxygens (including phenoxy) is 2. The van der Waals surface area contributed by atoms with Crippen molar-refractivity contribution in [3.63, 3.8) is 0 Å². The lowest BCUT2D eigenvalue weighted by Crippen LogP contribution is -2.32. The molecule has 1 aliphatic rings. The molecule has 0 radical (unpaired) electrons. The molecule has 3 nitrogen and oxygen atoms in total. The number of rotatable bonds is 4. The third kappa shape index (κ3) is 4.13. The second-order valence-electron chi connectivity index (χ2n) is 7.22. The van der Waals surface area contributed by atoms with Crippen LogP contribution in [-0.2, 0) is 4.74 Å². The zero-order valence-corrected chi connectivity index (χ0v) is 14.2. The first-order valence-electron chi connectivity index (χ1n) is 7.45. The van der Waals surface area contributed by atoms with E-state index in [1.807, 2.05) is 0 Å². The lowest BCUT2D eigenvalue weighted by molar-refractivity contribution is 0.00645. The molecule has 0 amide bonds. The minimum atomic E-state index is -0.732. The van der Waals surface area contributed by atoms with Crippen molar-refractivity contribution in [1.29, 1.82) is 0 Å². The Labute approximate surface area is 135 Å². The molecule has 1 aromatic rings. The first-order chi connectivity index (χ1) is 10.1. The van der Waals surface area contributed by atoms with Gasteiger partial charge in [0.1, 0.15) is 17.2 Å². The van der Waals surface area contributed by atoms with Crippen LogP contribution in [-0.4, -0.2) is 18.2 Å². The molecule has 0 spiro atoms. The van der Waals surface area contributed by atoms with Gasteiger partial charge in [-0.25, -0.2) is 9.18 Å². The van der Waals surface area contributed by atoms with Crippen LogP contribution in [0.1, 0.15) is 57.3 Å². The predicted octanol–water partition coefficient (Wildman–Crippen LogP) is 5.00. The minimum Gasteiger partial charge on any atom is -0.491 e. The van der Waals surface area contributed by atoms with Crippen LogP contribution in [0.3, 0.4) is 0 Å². The average Bonchev–Trinajstić information content (AvgIpc) is 2.35. The third-order valence-corrected chi connectivity index (χ3v) is 4.07. The number of esters is 1. The van der Waals surface area contributed by atoms with Crippen molar-refractivity contribution in [3.8, 4) is 5.75 Å². The van der Waals surface area contributed by atoms with Gasteiger partial charge in [0.15, 0.2) is 0 Å².